The van der Waals surface area contributed by atoms with Gasteiger partial charge in [0.1, 0.15) is 17.9 Å². The lowest BCUT2D eigenvalue weighted by Crippen LogP contribution is -2.38. The summed E-state index contributed by atoms with van der Waals surface area (Å²) in [6.07, 6.45) is 8.00. The van der Waals surface area contributed by atoms with Crippen LogP contribution in [-0.4, -0.2) is 40.7 Å². The van der Waals surface area contributed by atoms with Crippen molar-refractivity contribution in [1.82, 2.24) is 25.2 Å². The predicted molar refractivity (Wildman–Crippen MR) is 126 cm³/mol. The van der Waals surface area contributed by atoms with Crippen molar-refractivity contribution in [1.29, 1.82) is 0 Å². The Balaban J connectivity index is 0.00000300. The van der Waals surface area contributed by atoms with E-state index in [4.69, 9.17) is 9.73 Å². The topological polar surface area (TPSA) is 76.4 Å². The molecule has 0 aliphatic carbocycles. The van der Waals surface area contributed by atoms with Crippen molar-refractivity contribution < 1.29 is 4.74 Å². The average Bonchev–Trinajstić information content (AvgIpc) is 3.27. The number of imidazole rings is 1. The number of halogens is 1. The van der Waals surface area contributed by atoms with E-state index >= 15 is 0 Å². The molecule has 0 aliphatic heterocycles. The number of benzene rings is 1. The van der Waals surface area contributed by atoms with Gasteiger partial charge in [-0.15, -0.1) is 24.0 Å². The number of guanidine groups is 1. The van der Waals surface area contributed by atoms with Gasteiger partial charge in [0, 0.05) is 31.7 Å². The van der Waals surface area contributed by atoms with Gasteiger partial charge in [-0.25, -0.2) is 15.0 Å². The maximum atomic E-state index is 5.41. The molecule has 0 spiro atoms. The monoisotopic (exact) mass is 506 g/mol. The number of aromatic nitrogens is 3. The molecule has 2 aromatic heterocycles. The third-order valence-corrected chi connectivity index (χ3v) is 4.22. The fraction of sp³-hybridized carbons (Fsp3) is 0.286. The van der Waals surface area contributed by atoms with Gasteiger partial charge in [-0.2, -0.15) is 0 Å². The third kappa shape index (κ3) is 6.74. The largest absolute Gasteiger partial charge is 0.496 e. The maximum absolute atomic E-state index is 5.41. The summed E-state index contributed by atoms with van der Waals surface area (Å²) in [5, 5.41) is 6.67. The Morgan fingerprint density at radius 2 is 2.03 bits per heavy atom. The highest BCUT2D eigenvalue weighted by molar-refractivity contribution is 14.0. The van der Waals surface area contributed by atoms with Gasteiger partial charge in [0.15, 0.2) is 5.96 Å². The van der Waals surface area contributed by atoms with Crippen molar-refractivity contribution in [2.75, 3.05) is 20.2 Å². The molecule has 0 amide bonds. The Morgan fingerprint density at radius 3 is 2.79 bits per heavy atom. The number of hydrogen-bond donors (Lipinski definition) is 2. The Kier molecular flexibility index (Phi) is 9.42. The van der Waals surface area contributed by atoms with Crippen molar-refractivity contribution in [2.24, 2.45) is 4.99 Å². The molecule has 1 aromatic carbocycles. The predicted octanol–water partition coefficient (Wildman–Crippen LogP) is 3.19. The van der Waals surface area contributed by atoms with Crippen LogP contribution < -0.4 is 15.4 Å². The number of nitrogens with one attached hydrogen (secondary N) is 2. The number of pyridine rings is 1. The highest BCUT2D eigenvalue weighted by atomic mass is 127. The Morgan fingerprint density at radius 1 is 1.17 bits per heavy atom. The zero-order valence-corrected chi connectivity index (χ0v) is 19.0. The summed E-state index contributed by atoms with van der Waals surface area (Å²) in [5.41, 5.74) is 2.26. The van der Waals surface area contributed by atoms with Crippen LogP contribution in [0.3, 0.4) is 0 Å². The fourth-order valence-electron chi connectivity index (χ4n) is 2.83. The first-order valence-electron chi connectivity index (χ1n) is 9.37. The fourth-order valence-corrected chi connectivity index (χ4v) is 2.83. The van der Waals surface area contributed by atoms with Gasteiger partial charge in [-0.1, -0.05) is 18.2 Å². The second-order valence-corrected chi connectivity index (χ2v) is 6.18. The molecule has 3 aromatic rings. The zero-order valence-electron chi connectivity index (χ0n) is 16.7. The highest BCUT2D eigenvalue weighted by Crippen LogP contribution is 2.17. The molecule has 0 radical (unpaired) electrons. The number of aliphatic imine (C=N–C) groups is 1. The second kappa shape index (κ2) is 12.1. The molecule has 3 rings (SSSR count). The van der Waals surface area contributed by atoms with Crippen LogP contribution in [0.5, 0.6) is 5.75 Å². The maximum Gasteiger partial charge on any atom is 0.191 e. The number of nitrogens with zero attached hydrogens (tertiary/aromatic N) is 4. The number of methoxy groups -OCH3 is 1. The van der Waals surface area contributed by atoms with Crippen LogP contribution in [0.25, 0.3) is 5.82 Å². The van der Waals surface area contributed by atoms with Crippen LogP contribution in [0.1, 0.15) is 18.1 Å². The molecule has 7 nitrogen and oxygen atoms in total. The van der Waals surface area contributed by atoms with Crippen LogP contribution in [-0.2, 0) is 13.0 Å². The lowest BCUT2D eigenvalue weighted by molar-refractivity contribution is 0.409. The summed E-state index contributed by atoms with van der Waals surface area (Å²) >= 11 is 0. The van der Waals surface area contributed by atoms with Gasteiger partial charge < -0.3 is 15.4 Å². The highest BCUT2D eigenvalue weighted by Gasteiger charge is 2.04. The standard InChI is InChI=1S/C21H26N6O.HI/c1-3-23-21(25-11-9-18-6-4-5-7-19(18)28-2)26-15-17-8-10-24-20(14-17)27-13-12-22-16-27;/h4-8,10,12-14,16H,3,9,11,15H2,1-2H3,(H2,23,25,26);1H. The van der Waals surface area contributed by atoms with Crippen molar-refractivity contribution in [3.8, 4) is 11.6 Å². The van der Waals surface area contributed by atoms with Gasteiger partial charge in [0.2, 0.25) is 0 Å². The molecule has 0 bridgehead atoms. The van der Waals surface area contributed by atoms with Crippen molar-refractivity contribution in [2.45, 2.75) is 19.9 Å². The molecular weight excluding hydrogens is 479 g/mol. The van der Waals surface area contributed by atoms with Crippen LogP contribution in [0.4, 0.5) is 0 Å². The molecular formula is C21H27IN6O. The van der Waals surface area contributed by atoms with Crippen molar-refractivity contribution in [3.63, 3.8) is 0 Å². The second-order valence-electron chi connectivity index (χ2n) is 6.18. The molecule has 2 N–H and O–H groups in total. The Bertz CT molecular complexity index is 898. The summed E-state index contributed by atoms with van der Waals surface area (Å²) in [7, 11) is 1.70. The number of para-hydroxylation sites is 1. The van der Waals surface area contributed by atoms with E-state index in [1.807, 2.05) is 41.1 Å². The van der Waals surface area contributed by atoms with Crippen LogP contribution in [0, 0.1) is 0 Å². The molecule has 0 saturated carbocycles. The number of rotatable bonds is 8. The first kappa shape index (κ1) is 22.7. The minimum absolute atomic E-state index is 0. The Labute approximate surface area is 188 Å². The van der Waals surface area contributed by atoms with E-state index in [0.717, 1.165) is 42.6 Å². The van der Waals surface area contributed by atoms with E-state index in [9.17, 15) is 0 Å². The van der Waals surface area contributed by atoms with E-state index < -0.39 is 0 Å². The summed E-state index contributed by atoms with van der Waals surface area (Å²) in [5.74, 6) is 2.53. The van der Waals surface area contributed by atoms with Gasteiger partial charge in [0.25, 0.3) is 0 Å². The van der Waals surface area contributed by atoms with E-state index in [-0.39, 0.29) is 24.0 Å². The summed E-state index contributed by atoms with van der Waals surface area (Å²) in [6, 6.07) is 12.1. The molecule has 0 aliphatic rings. The lowest BCUT2D eigenvalue weighted by Gasteiger charge is -2.13. The van der Waals surface area contributed by atoms with E-state index in [0.29, 0.717) is 6.54 Å². The molecule has 0 saturated heterocycles. The number of ether oxygens (including phenoxy) is 1. The number of hydrogen-bond acceptors (Lipinski definition) is 4. The lowest BCUT2D eigenvalue weighted by atomic mass is 10.1. The van der Waals surface area contributed by atoms with Crippen molar-refractivity contribution in [3.05, 3.63) is 72.4 Å². The molecule has 0 atom stereocenters. The summed E-state index contributed by atoms with van der Waals surface area (Å²) < 4.78 is 7.29. The van der Waals surface area contributed by atoms with Gasteiger partial charge >= 0.3 is 0 Å². The van der Waals surface area contributed by atoms with E-state index in [1.165, 1.54) is 5.56 Å². The zero-order chi connectivity index (χ0) is 19.6. The normalized spacial score (nSPS) is 10.9. The molecule has 29 heavy (non-hydrogen) atoms. The molecule has 0 unspecified atom stereocenters. The quantitative estimate of drug-likeness (QED) is 0.279. The van der Waals surface area contributed by atoms with Gasteiger partial charge in [0.05, 0.1) is 13.7 Å². The summed E-state index contributed by atoms with van der Waals surface area (Å²) in [6.45, 7) is 4.19. The van der Waals surface area contributed by atoms with Gasteiger partial charge in [-0.3, -0.25) is 4.57 Å². The van der Waals surface area contributed by atoms with Crippen LogP contribution in [0.2, 0.25) is 0 Å². The van der Waals surface area contributed by atoms with E-state index in [1.54, 1.807) is 25.8 Å². The van der Waals surface area contributed by atoms with Crippen molar-refractivity contribution >= 4 is 29.9 Å². The first-order chi connectivity index (χ1) is 13.8. The third-order valence-electron chi connectivity index (χ3n) is 4.22. The minimum Gasteiger partial charge on any atom is -0.496 e. The minimum atomic E-state index is 0. The van der Waals surface area contributed by atoms with Crippen LogP contribution >= 0.6 is 24.0 Å². The molecule has 8 heteroatoms. The van der Waals surface area contributed by atoms with E-state index in [2.05, 4.69) is 33.6 Å². The molecule has 0 fully saturated rings. The summed E-state index contributed by atoms with van der Waals surface area (Å²) in [4.78, 5) is 13.1. The SMILES string of the molecule is CCNC(=NCc1ccnc(-n2ccnc2)c1)NCCc1ccccc1OC.I. The molecule has 2 heterocycles. The molecule has 154 valence electrons. The average molecular weight is 506 g/mol. The first-order valence-corrected chi connectivity index (χ1v) is 9.37. The van der Waals surface area contributed by atoms with Crippen LogP contribution in [0.15, 0.2) is 66.3 Å². The van der Waals surface area contributed by atoms with Gasteiger partial charge in [-0.05, 0) is 42.7 Å². The Hall–Kier alpha value is -2.62. The smallest absolute Gasteiger partial charge is 0.191 e.